The van der Waals surface area contributed by atoms with Gasteiger partial charge in [0.05, 0.1) is 23.7 Å². The smallest absolute Gasteiger partial charge is 0.169 e. The highest BCUT2D eigenvalue weighted by Gasteiger charge is 2.14. The largest absolute Gasteiger partial charge is 0.497 e. The maximum atomic E-state index is 12.2. The molecule has 0 aliphatic heterocycles. The molecule has 0 saturated heterocycles. The highest BCUT2D eigenvalue weighted by Crippen LogP contribution is 2.16. The highest BCUT2D eigenvalue weighted by molar-refractivity contribution is 7.85. The predicted molar refractivity (Wildman–Crippen MR) is 71.3 cm³/mol. The molecule has 0 N–H and O–H groups in total. The lowest BCUT2D eigenvalue weighted by molar-refractivity contribution is -0.120. The van der Waals surface area contributed by atoms with E-state index in [0.717, 1.165) is 4.90 Å². The van der Waals surface area contributed by atoms with Gasteiger partial charge in [-0.05, 0) is 32.0 Å². The third-order valence-corrected chi connectivity index (χ3v) is 3.65. The lowest BCUT2D eigenvalue weighted by Gasteiger charge is -2.16. The zero-order chi connectivity index (χ0) is 13.4. The first kappa shape index (κ1) is 15.1. The molecule has 1 aromatic carbocycles. The molecule has 0 aromatic heterocycles. The van der Waals surface area contributed by atoms with Crippen LogP contribution in [0.3, 0.4) is 0 Å². The van der Waals surface area contributed by atoms with Crippen molar-refractivity contribution in [3.63, 3.8) is 0 Å². The maximum absolute atomic E-state index is 12.2. The van der Waals surface area contributed by atoms with E-state index in [4.69, 9.17) is 14.2 Å². The van der Waals surface area contributed by atoms with Crippen molar-refractivity contribution in [2.24, 2.45) is 0 Å². The predicted octanol–water partition coefficient (Wildman–Crippen LogP) is 2.20. The molecule has 0 heterocycles. The molecule has 1 unspecified atom stereocenters. The second-order valence-corrected chi connectivity index (χ2v) is 5.03. The van der Waals surface area contributed by atoms with E-state index in [9.17, 15) is 4.21 Å². The Labute approximate surface area is 111 Å². The van der Waals surface area contributed by atoms with Gasteiger partial charge in [0.25, 0.3) is 0 Å². The van der Waals surface area contributed by atoms with Crippen LogP contribution in [0.25, 0.3) is 0 Å². The number of benzene rings is 1. The number of hydrogen-bond acceptors (Lipinski definition) is 4. The Balaban J connectivity index is 2.67. The van der Waals surface area contributed by atoms with E-state index in [1.807, 2.05) is 32.0 Å². The molecule has 0 aliphatic rings. The quantitative estimate of drug-likeness (QED) is 0.681. The number of ether oxygens (including phenoxy) is 3. The average Bonchev–Trinajstić information content (AvgIpc) is 2.39. The topological polar surface area (TPSA) is 44.8 Å². The first-order valence-corrected chi connectivity index (χ1v) is 7.28. The van der Waals surface area contributed by atoms with Crippen molar-refractivity contribution in [2.45, 2.75) is 25.0 Å². The average molecular weight is 272 g/mol. The molecular weight excluding hydrogens is 252 g/mol. The van der Waals surface area contributed by atoms with Gasteiger partial charge in [-0.3, -0.25) is 4.21 Å². The summed E-state index contributed by atoms with van der Waals surface area (Å²) >= 11 is 0. The van der Waals surface area contributed by atoms with E-state index in [0.29, 0.717) is 24.7 Å². The monoisotopic (exact) mass is 272 g/mol. The Bertz CT molecular complexity index is 375. The van der Waals surface area contributed by atoms with Gasteiger partial charge in [0.15, 0.2) is 6.29 Å². The molecule has 102 valence electrons. The summed E-state index contributed by atoms with van der Waals surface area (Å²) in [5.41, 5.74) is 0. The lowest BCUT2D eigenvalue weighted by Crippen LogP contribution is -2.24. The van der Waals surface area contributed by atoms with Crippen molar-refractivity contribution >= 4 is 10.8 Å². The van der Waals surface area contributed by atoms with Crippen LogP contribution in [0.2, 0.25) is 0 Å². The van der Waals surface area contributed by atoms with Crippen molar-refractivity contribution in [2.75, 3.05) is 26.1 Å². The number of rotatable bonds is 8. The summed E-state index contributed by atoms with van der Waals surface area (Å²) in [6.45, 7) is 4.86. The first-order chi connectivity index (χ1) is 8.71. The van der Waals surface area contributed by atoms with Gasteiger partial charge in [-0.1, -0.05) is 6.07 Å². The van der Waals surface area contributed by atoms with Gasteiger partial charge in [-0.25, -0.2) is 0 Å². The molecule has 0 saturated carbocycles. The van der Waals surface area contributed by atoms with Crippen molar-refractivity contribution in [1.82, 2.24) is 0 Å². The van der Waals surface area contributed by atoms with Gasteiger partial charge in [0.2, 0.25) is 0 Å². The van der Waals surface area contributed by atoms with Crippen LogP contribution < -0.4 is 4.74 Å². The number of methoxy groups -OCH3 is 1. The third kappa shape index (κ3) is 4.76. The summed E-state index contributed by atoms with van der Waals surface area (Å²) in [4.78, 5) is 0.721. The van der Waals surface area contributed by atoms with Crippen molar-refractivity contribution in [1.29, 1.82) is 0 Å². The van der Waals surface area contributed by atoms with E-state index < -0.39 is 17.1 Å². The SMILES string of the molecule is CCOC(CS(=O)c1cccc(OC)c1)OCC. The minimum absolute atomic E-state index is 0.328. The van der Waals surface area contributed by atoms with E-state index in [1.54, 1.807) is 13.2 Å². The Morgan fingerprint density at radius 2 is 1.89 bits per heavy atom. The van der Waals surface area contributed by atoms with Gasteiger partial charge in [0.1, 0.15) is 5.75 Å². The Hall–Kier alpha value is -0.910. The molecule has 0 fully saturated rings. The van der Waals surface area contributed by atoms with Gasteiger partial charge < -0.3 is 14.2 Å². The summed E-state index contributed by atoms with van der Waals surface area (Å²) in [5.74, 6) is 1.03. The van der Waals surface area contributed by atoms with Crippen LogP contribution in [0.4, 0.5) is 0 Å². The summed E-state index contributed by atoms with van der Waals surface area (Å²) in [6, 6.07) is 7.23. The highest BCUT2D eigenvalue weighted by atomic mass is 32.2. The van der Waals surface area contributed by atoms with Crippen LogP contribution in [0, 0.1) is 0 Å². The second kappa shape index (κ2) is 8.24. The first-order valence-electron chi connectivity index (χ1n) is 5.96. The van der Waals surface area contributed by atoms with E-state index >= 15 is 0 Å². The molecule has 18 heavy (non-hydrogen) atoms. The van der Waals surface area contributed by atoms with E-state index in [2.05, 4.69) is 0 Å². The minimum Gasteiger partial charge on any atom is -0.497 e. The Kier molecular flexibility index (Phi) is 6.93. The molecule has 4 nitrogen and oxygen atoms in total. The molecule has 0 spiro atoms. The minimum atomic E-state index is -1.16. The lowest BCUT2D eigenvalue weighted by atomic mass is 10.3. The van der Waals surface area contributed by atoms with Crippen molar-refractivity contribution < 1.29 is 18.4 Å². The van der Waals surface area contributed by atoms with Gasteiger partial charge in [0, 0.05) is 18.1 Å². The molecule has 5 heteroatoms. The maximum Gasteiger partial charge on any atom is 0.169 e. The van der Waals surface area contributed by atoms with Crippen molar-refractivity contribution in [3.05, 3.63) is 24.3 Å². The zero-order valence-corrected chi connectivity index (χ0v) is 11.9. The third-order valence-electron chi connectivity index (χ3n) is 2.30. The molecule has 0 aliphatic carbocycles. The summed E-state index contributed by atoms with van der Waals surface area (Å²) in [5, 5.41) is 0. The van der Waals surface area contributed by atoms with Gasteiger partial charge in [-0.2, -0.15) is 0 Å². The molecule has 1 rings (SSSR count). The fourth-order valence-corrected chi connectivity index (χ4v) is 2.59. The summed E-state index contributed by atoms with van der Waals surface area (Å²) < 4.78 is 28.0. The normalized spacial score (nSPS) is 12.7. The van der Waals surface area contributed by atoms with E-state index in [1.165, 1.54) is 0 Å². The van der Waals surface area contributed by atoms with Gasteiger partial charge in [-0.15, -0.1) is 0 Å². The fourth-order valence-electron chi connectivity index (χ4n) is 1.48. The van der Waals surface area contributed by atoms with Crippen LogP contribution in [0.15, 0.2) is 29.2 Å². The van der Waals surface area contributed by atoms with E-state index in [-0.39, 0.29) is 0 Å². The number of hydrogen-bond donors (Lipinski definition) is 0. The Morgan fingerprint density at radius 3 is 2.44 bits per heavy atom. The molecule has 0 amide bonds. The van der Waals surface area contributed by atoms with Crippen LogP contribution in [0.1, 0.15) is 13.8 Å². The fraction of sp³-hybridized carbons (Fsp3) is 0.538. The molecular formula is C13H20O4S. The second-order valence-electron chi connectivity index (χ2n) is 3.53. The molecule has 0 radical (unpaired) electrons. The van der Waals surface area contributed by atoms with Crippen LogP contribution in [-0.2, 0) is 20.3 Å². The van der Waals surface area contributed by atoms with Crippen LogP contribution >= 0.6 is 0 Å². The Morgan fingerprint density at radius 1 is 1.22 bits per heavy atom. The molecule has 1 aromatic rings. The van der Waals surface area contributed by atoms with Crippen LogP contribution in [-0.4, -0.2) is 36.6 Å². The molecule has 0 bridgehead atoms. The van der Waals surface area contributed by atoms with Gasteiger partial charge >= 0.3 is 0 Å². The summed E-state index contributed by atoms with van der Waals surface area (Å²) in [6.07, 6.45) is -0.424. The van der Waals surface area contributed by atoms with Crippen molar-refractivity contribution in [3.8, 4) is 5.75 Å². The molecule has 1 atom stereocenters. The zero-order valence-electron chi connectivity index (χ0n) is 11.0. The van der Waals surface area contributed by atoms with Crippen LogP contribution in [0.5, 0.6) is 5.75 Å². The standard InChI is InChI=1S/C13H20O4S/c1-4-16-13(17-5-2)10-18(14)12-8-6-7-11(9-12)15-3/h6-9,13H,4-5,10H2,1-3H3. The summed E-state index contributed by atoms with van der Waals surface area (Å²) in [7, 11) is 0.430.